The molecule has 4 heterocycles. The van der Waals surface area contributed by atoms with Gasteiger partial charge < -0.3 is 0 Å². The van der Waals surface area contributed by atoms with Gasteiger partial charge in [-0.05, 0) is 47.5 Å². The summed E-state index contributed by atoms with van der Waals surface area (Å²) in [6, 6.07) is 43.7. The van der Waals surface area contributed by atoms with Crippen LogP contribution in [0.3, 0.4) is 0 Å². The van der Waals surface area contributed by atoms with Crippen LogP contribution in [-0.4, -0.2) is 51.1 Å². The Hall–Kier alpha value is -5.65. The van der Waals surface area contributed by atoms with E-state index in [2.05, 4.69) is 158 Å². The van der Waals surface area contributed by atoms with Gasteiger partial charge in [0.15, 0.2) is 6.33 Å². The Bertz CT molecular complexity index is 2290. The van der Waals surface area contributed by atoms with Crippen molar-refractivity contribution in [2.24, 2.45) is 0 Å². The summed E-state index contributed by atoms with van der Waals surface area (Å²) in [7, 11) is -4.28. The van der Waals surface area contributed by atoms with Crippen molar-refractivity contribution in [1.29, 1.82) is 0 Å². The third-order valence-electron chi connectivity index (χ3n) is 9.90. The molecule has 0 aliphatic carbocycles. The normalized spacial score (nSPS) is 12.1. The highest BCUT2D eigenvalue weighted by molar-refractivity contribution is 7.01. The maximum Gasteiger partial charge on any atom is 0.273 e. The Morgan fingerprint density at radius 1 is 0.469 bits per heavy atom. The molecule has 0 aliphatic rings. The first-order chi connectivity index (χ1) is 23.8. The number of rotatable bonds is 7. The lowest BCUT2D eigenvalue weighted by Crippen LogP contribution is -2.52. The van der Waals surface area contributed by atoms with Crippen LogP contribution in [0.5, 0.6) is 0 Å². The van der Waals surface area contributed by atoms with E-state index in [1.54, 1.807) is 0 Å². The van der Waals surface area contributed by atoms with E-state index in [4.69, 9.17) is 0 Å². The third kappa shape index (κ3) is 5.46. The van der Waals surface area contributed by atoms with Gasteiger partial charge in [0.25, 0.3) is 5.95 Å². The second kappa shape index (κ2) is 12.1. The molecule has 0 spiro atoms. The van der Waals surface area contributed by atoms with Crippen molar-refractivity contribution < 1.29 is 0 Å². The van der Waals surface area contributed by atoms with Gasteiger partial charge in [0.05, 0.1) is 22.4 Å². The molecule has 8 aromatic rings. The largest absolute Gasteiger partial charge is 0.275 e. The number of fused-ring (bicyclic) bond motifs is 3. The Labute approximate surface area is 287 Å². The number of aromatic nitrogens is 7. The van der Waals surface area contributed by atoms with Gasteiger partial charge in [0.2, 0.25) is 0 Å². The minimum Gasteiger partial charge on any atom is -0.275 e. The number of pyridine rings is 2. The topological polar surface area (TPSA) is 82.3 Å². The van der Waals surface area contributed by atoms with Crippen LogP contribution in [0.4, 0.5) is 0 Å². The summed E-state index contributed by atoms with van der Waals surface area (Å²) in [6.45, 7) is 9.64. The number of hydrogen-bond acceptors (Lipinski definition) is 6. The predicted molar refractivity (Wildman–Crippen MR) is 205 cm³/mol. The van der Waals surface area contributed by atoms with Crippen LogP contribution < -0.4 is 20.7 Å². The molecule has 0 atom stereocenters. The van der Waals surface area contributed by atoms with Gasteiger partial charge in [-0.3, -0.25) is 14.5 Å². The Kier molecular flexibility index (Phi) is 7.58. The molecule has 9 heteroatoms. The molecular formula is C40H35N7Si2. The molecule has 238 valence electrons. The zero-order chi connectivity index (χ0) is 33.6. The van der Waals surface area contributed by atoms with E-state index in [1.807, 2.05) is 36.7 Å². The van der Waals surface area contributed by atoms with Crippen molar-refractivity contribution in [3.05, 3.63) is 140 Å². The fourth-order valence-corrected chi connectivity index (χ4v) is 11.6. The van der Waals surface area contributed by atoms with Gasteiger partial charge in [-0.2, -0.15) is 0 Å². The van der Waals surface area contributed by atoms with Crippen molar-refractivity contribution in [3.8, 4) is 28.5 Å². The fraction of sp³-hybridized carbons (Fsp3) is 0.100. The number of benzene rings is 4. The van der Waals surface area contributed by atoms with E-state index in [0.29, 0.717) is 5.95 Å². The van der Waals surface area contributed by atoms with Crippen LogP contribution in [0, 0.1) is 0 Å². The van der Waals surface area contributed by atoms with Gasteiger partial charge in [-0.25, -0.2) is 0 Å². The van der Waals surface area contributed by atoms with Gasteiger partial charge in [0.1, 0.15) is 16.1 Å². The van der Waals surface area contributed by atoms with Crippen LogP contribution >= 0.6 is 0 Å². The molecule has 0 saturated carbocycles. The molecule has 8 rings (SSSR count). The zero-order valence-electron chi connectivity index (χ0n) is 27.9. The molecule has 49 heavy (non-hydrogen) atoms. The minimum absolute atomic E-state index is 0.463. The molecule has 7 nitrogen and oxygen atoms in total. The first-order valence-electron chi connectivity index (χ1n) is 16.4. The van der Waals surface area contributed by atoms with Crippen LogP contribution in [0.2, 0.25) is 26.2 Å². The van der Waals surface area contributed by atoms with Crippen LogP contribution in [0.15, 0.2) is 140 Å². The molecule has 0 saturated heterocycles. The number of nitrogens with zero attached hydrogens (tertiary/aromatic N) is 7. The average Bonchev–Trinajstić information content (AvgIpc) is 3.49. The lowest BCUT2D eigenvalue weighted by Gasteiger charge is -2.25. The Morgan fingerprint density at radius 3 is 1.39 bits per heavy atom. The molecule has 4 aromatic carbocycles. The summed E-state index contributed by atoms with van der Waals surface area (Å²) >= 11 is 0. The third-order valence-corrected chi connectivity index (χ3v) is 16.9. The van der Waals surface area contributed by atoms with Gasteiger partial charge in [0, 0.05) is 23.2 Å². The van der Waals surface area contributed by atoms with Gasteiger partial charge in [-0.1, -0.05) is 132 Å². The lowest BCUT2D eigenvalue weighted by atomic mass is 10.1. The zero-order valence-corrected chi connectivity index (χ0v) is 29.9. The maximum atomic E-state index is 4.60. The monoisotopic (exact) mass is 669 g/mol. The second-order valence-electron chi connectivity index (χ2n) is 13.5. The molecule has 0 fully saturated rings. The first kappa shape index (κ1) is 30.7. The van der Waals surface area contributed by atoms with Crippen LogP contribution in [-0.2, 0) is 0 Å². The summed E-state index contributed by atoms with van der Waals surface area (Å²) in [6.07, 6.45) is 5.07. The quantitative estimate of drug-likeness (QED) is 0.190. The summed E-state index contributed by atoms with van der Waals surface area (Å²) in [4.78, 5) is 9.21. The molecule has 0 amide bonds. The Balaban J connectivity index is 1.27. The van der Waals surface area contributed by atoms with E-state index >= 15 is 0 Å². The molecule has 0 N–H and O–H groups in total. The Morgan fingerprint density at radius 2 is 0.939 bits per heavy atom. The standard InChI is InChI=1S/C40H35N7Si2/c1-48(2,30-13-9-11-28(23-30)36-15-5-7-21-41-36)32-17-19-34-35-20-18-33(26-39(35)47(38(34)25-32)40-45-43-27-44-46-40)49(3,4)31-14-10-12-29(24-31)37-16-6-8-22-42-37/h5-27H,1-4H3. The highest BCUT2D eigenvalue weighted by Gasteiger charge is 2.30. The van der Waals surface area contributed by atoms with E-state index in [-0.39, 0.29) is 0 Å². The van der Waals surface area contributed by atoms with E-state index in [0.717, 1.165) is 44.3 Å². The molecule has 0 bridgehead atoms. The van der Waals surface area contributed by atoms with Crippen molar-refractivity contribution in [2.75, 3.05) is 0 Å². The SMILES string of the molecule is C[Si](C)(c1cccc(-c2ccccn2)c1)c1ccc2c3ccc([Si](C)(C)c4cccc(-c5ccccn5)c4)cc3n(-c3nncnn3)c2c1. The van der Waals surface area contributed by atoms with E-state index in [9.17, 15) is 0 Å². The lowest BCUT2D eigenvalue weighted by molar-refractivity contribution is 0.801. The van der Waals surface area contributed by atoms with E-state index < -0.39 is 16.1 Å². The summed E-state index contributed by atoms with van der Waals surface area (Å²) in [5.74, 6) is 0.463. The molecule has 0 radical (unpaired) electrons. The van der Waals surface area contributed by atoms with Crippen LogP contribution in [0.1, 0.15) is 0 Å². The van der Waals surface area contributed by atoms with Gasteiger partial charge in [-0.15, -0.1) is 20.4 Å². The fourth-order valence-electron chi connectivity index (χ4n) is 6.83. The highest BCUT2D eigenvalue weighted by atomic mass is 28.3. The summed E-state index contributed by atoms with van der Waals surface area (Å²) in [5, 5.41) is 24.8. The van der Waals surface area contributed by atoms with Crippen molar-refractivity contribution in [1.82, 2.24) is 34.9 Å². The minimum atomic E-state index is -2.14. The molecular weight excluding hydrogens is 635 g/mol. The predicted octanol–water partition coefficient (Wildman–Crippen LogP) is 6.13. The second-order valence-corrected chi connectivity index (χ2v) is 22.3. The first-order valence-corrected chi connectivity index (χ1v) is 22.4. The molecule has 4 aromatic heterocycles. The summed E-state index contributed by atoms with van der Waals surface area (Å²) < 4.78 is 2.14. The molecule has 0 unspecified atom stereocenters. The van der Waals surface area contributed by atoms with Gasteiger partial charge >= 0.3 is 0 Å². The van der Waals surface area contributed by atoms with Crippen molar-refractivity contribution in [2.45, 2.75) is 26.2 Å². The maximum absolute atomic E-state index is 4.60. The smallest absolute Gasteiger partial charge is 0.273 e. The average molecular weight is 670 g/mol. The number of hydrogen-bond donors (Lipinski definition) is 0. The van der Waals surface area contributed by atoms with Crippen molar-refractivity contribution >= 4 is 58.7 Å². The van der Waals surface area contributed by atoms with Crippen molar-refractivity contribution in [3.63, 3.8) is 0 Å². The molecule has 0 aliphatic heterocycles. The van der Waals surface area contributed by atoms with Crippen LogP contribution in [0.25, 0.3) is 50.3 Å². The summed E-state index contributed by atoms with van der Waals surface area (Å²) in [5.41, 5.74) is 6.34. The van der Waals surface area contributed by atoms with E-state index in [1.165, 1.54) is 27.1 Å². The highest BCUT2D eigenvalue weighted by Crippen LogP contribution is 2.31.